The molecule has 0 saturated heterocycles. The lowest BCUT2D eigenvalue weighted by Gasteiger charge is -2.35. The van der Waals surface area contributed by atoms with E-state index in [0.29, 0.717) is 19.1 Å². The number of nitrogens with one attached hydrogen (secondary N) is 1. The number of benzene rings is 2. The first kappa shape index (κ1) is 25.3. The Morgan fingerprint density at radius 2 is 1.78 bits per heavy atom. The predicted octanol–water partition coefficient (Wildman–Crippen LogP) is 5.98. The van der Waals surface area contributed by atoms with Crippen molar-refractivity contribution in [1.82, 2.24) is 30.1 Å². The first-order valence-electron chi connectivity index (χ1n) is 13.7. The molecule has 4 aromatic rings. The topological polar surface area (TPSA) is 79.7 Å². The van der Waals surface area contributed by atoms with Crippen LogP contribution in [0.1, 0.15) is 87.5 Å². The molecule has 37 heavy (non-hydrogen) atoms. The molecule has 2 aromatic carbocycles. The van der Waals surface area contributed by atoms with Gasteiger partial charge in [-0.1, -0.05) is 76.4 Å². The van der Waals surface area contributed by atoms with E-state index >= 15 is 0 Å². The number of tetrazole rings is 1. The number of hydrogen-bond donors (Lipinski definition) is 1. The molecule has 0 amide bonds. The zero-order valence-corrected chi connectivity index (χ0v) is 22.2. The zero-order chi connectivity index (χ0) is 25.8. The summed E-state index contributed by atoms with van der Waals surface area (Å²) in [6, 6.07) is 19.1. The number of aryl methyl sites for hydroxylation is 1. The van der Waals surface area contributed by atoms with Gasteiger partial charge in [0.2, 0.25) is 0 Å². The van der Waals surface area contributed by atoms with E-state index in [-0.39, 0.29) is 17.5 Å². The first-order chi connectivity index (χ1) is 18.0. The molecule has 1 aliphatic rings. The Labute approximate surface area is 218 Å². The van der Waals surface area contributed by atoms with Gasteiger partial charge >= 0.3 is 0 Å². The first-order valence-corrected chi connectivity index (χ1v) is 13.7. The molecule has 194 valence electrons. The standard InChI is InChI=1S/C30H38N6O/c1-4-22-15-16-27-24(17-22)18-25(30(37)31-27)20-35(19-23-11-7-5-8-12-23)28(21(2)3)29-32-33-34-36(29)26-13-9-6-10-14-26/h5,7-8,11-12,15-18,21,26,28H,4,6,9-10,13-14,19-20H2,1-3H3,(H,31,37)/t28-/m1/s1. The number of aromatic nitrogens is 5. The van der Waals surface area contributed by atoms with Crippen molar-refractivity contribution in [3.05, 3.63) is 87.5 Å². The van der Waals surface area contributed by atoms with Crippen LogP contribution in [-0.4, -0.2) is 30.1 Å². The highest BCUT2D eigenvalue weighted by Crippen LogP contribution is 2.34. The van der Waals surface area contributed by atoms with Crippen molar-refractivity contribution in [2.24, 2.45) is 5.92 Å². The monoisotopic (exact) mass is 498 g/mol. The van der Waals surface area contributed by atoms with E-state index in [4.69, 9.17) is 0 Å². The SMILES string of the molecule is CCc1ccc2[nH]c(=O)c(CN(Cc3ccccc3)[C@@H](c3nnnn3C3CCCCC3)C(C)C)cc2c1. The number of H-pyrrole nitrogens is 1. The maximum atomic E-state index is 13.2. The molecule has 7 nitrogen and oxygen atoms in total. The average molecular weight is 499 g/mol. The Morgan fingerprint density at radius 3 is 2.51 bits per heavy atom. The van der Waals surface area contributed by atoms with Crippen molar-refractivity contribution in [2.45, 2.75) is 84.5 Å². The quantitative estimate of drug-likeness (QED) is 0.307. The van der Waals surface area contributed by atoms with Crippen LogP contribution in [0.15, 0.2) is 59.4 Å². The second-order valence-corrected chi connectivity index (χ2v) is 10.8. The third kappa shape index (κ3) is 5.67. The van der Waals surface area contributed by atoms with Gasteiger partial charge in [0.25, 0.3) is 5.56 Å². The van der Waals surface area contributed by atoms with Crippen LogP contribution in [0.4, 0.5) is 0 Å². The van der Waals surface area contributed by atoms with E-state index in [9.17, 15) is 4.79 Å². The summed E-state index contributed by atoms with van der Waals surface area (Å²) in [6.45, 7) is 7.81. The van der Waals surface area contributed by atoms with Gasteiger partial charge in [-0.05, 0) is 70.3 Å². The highest BCUT2D eigenvalue weighted by atomic mass is 16.1. The lowest BCUT2D eigenvalue weighted by atomic mass is 9.94. The third-order valence-corrected chi connectivity index (χ3v) is 7.72. The fraction of sp³-hybridized carbons (Fsp3) is 0.467. The smallest absolute Gasteiger partial charge is 0.252 e. The Bertz CT molecular complexity index is 1370. The summed E-state index contributed by atoms with van der Waals surface area (Å²) >= 11 is 0. The fourth-order valence-electron chi connectivity index (χ4n) is 5.79. The van der Waals surface area contributed by atoms with E-state index in [1.165, 1.54) is 30.4 Å². The van der Waals surface area contributed by atoms with Crippen LogP contribution in [0, 0.1) is 5.92 Å². The lowest BCUT2D eigenvalue weighted by Crippen LogP contribution is -2.36. The summed E-state index contributed by atoms with van der Waals surface area (Å²) < 4.78 is 2.08. The van der Waals surface area contributed by atoms with Crippen molar-refractivity contribution in [3.63, 3.8) is 0 Å². The molecule has 1 atom stereocenters. The number of nitrogens with zero attached hydrogens (tertiary/aromatic N) is 5. The average Bonchev–Trinajstić information content (AvgIpc) is 3.39. The van der Waals surface area contributed by atoms with Crippen LogP contribution >= 0.6 is 0 Å². The van der Waals surface area contributed by atoms with Gasteiger partial charge in [-0.2, -0.15) is 0 Å². The molecule has 0 bridgehead atoms. The van der Waals surface area contributed by atoms with Crippen LogP contribution in [-0.2, 0) is 19.5 Å². The van der Waals surface area contributed by atoms with Crippen LogP contribution in [0.25, 0.3) is 10.9 Å². The largest absolute Gasteiger partial charge is 0.322 e. The van der Waals surface area contributed by atoms with Gasteiger partial charge in [-0.25, -0.2) is 4.68 Å². The molecule has 1 aliphatic carbocycles. The summed E-state index contributed by atoms with van der Waals surface area (Å²) in [6.07, 6.45) is 6.92. The molecular weight excluding hydrogens is 460 g/mol. The minimum absolute atomic E-state index is 0.0331. The molecular formula is C30H38N6O. The van der Waals surface area contributed by atoms with Gasteiger partial charge in [0.05, 0.1) is 12.1 Å². The molecule has 0 unspecified atom stereocenters. The molecule has 1 saturated carbocycles. The highest BCUT2D eigenvalue weighted by Gasteiger charge is 2.32. The predicted molar refractivity (Wildman–Crippen MR) is 147 cm³/mol. The van der Waals surface area contributed by atoms with Crippen molar-refractivity contribution in [1.29, 1.82) is 0 Å². The second kappa shape index (κ2) is 11.4. The normalized spacial score (nSPS) is 15.6. The molecule has 2 heterocycles. The molecule has 1 fully saturated rings. The van der Waals surface area contributed by atoms with Crippen LogP contribution < -0.4 is 5.56 Å². The minimum Gasteiger partial charge on any atom is -0.322 e. The van der Waals surface area contributed by atoms with Crippen LogP contribution in [0.2, 0.25) is 0 Å². The Hall–Kier alpha value is -3.32. The van der Waals surface area contributed by atoms with E-state index < -0.39 is 0 Å². The zero-order valence-electron chi connectivity index (χ0n) is 22.2. The van der Waals surface area contributed by atoms with E-state index in [0.717, 1.165) is 41.6 Å². The molecule has 0 spiro atoms. The maximum absolute atomic E-state index is 13.2. The van der Waals surface area contributed by atoms with Gasteiger partial charge in [0, 0.05) is 24.2 Å². The Balaban J connectivity index is 1.55. The Kier molecular flexibility index (Phi) is 7.79. The van der Waals surface area contributed by atoms with Crippen LogP contribution in [0.5, 0.6) is 0 Å². The summed E-state index contributed by atoms with van der Waals surface area (Å²) in [4.78, 5) is 18.7. The number of rotatable bonds is 9. The third-order valence-electron chi connectivity index (χ3n) is 7.72. The second-order valence-electron chi connectivity index (χ2n) is 10.8. The summed E-state index contributed by atoms with van der Waals surface area (Å²) in [5.41, 5.74) is 4.07. The van der Waals surface area contributed by atoms with Gasteiger partial charge in [0.1, 0.15) is 0 Å². The minimum atomic E-state index is -0.0378. The molecule has 1 N–H and O–H groups in total. The van der Waals surface area contributed by atoms with E-state index in [1.807, 2.05) is 12.1 Å². The van der Waals surface area contributed by atoms with E-state index in [1.54, 1.807) is 0 Å². The van der Waals surface area contributed by atoms with Gasteiger partial charge < -0.3 is 4.98 Å². The van der Waals surface area contributed by atoms with Crippen molar-refractivity contribution >= 4 is 10.9 Å². The van der Waals surface area contributed by atoms with Gasteiger partial charge in [-0.15, -0.1) is 5.10 Å². The van der Waals surface area contributed by atoms with Crippen molar-refractivity contribution in [3.8, 4) is 0 Å². The molecule has 2 aromatic heterocycles. The molecule has 0 aliphatic heterocycles. The van der Waals surface area contributed by atoms with Crippen molar-refractivity contribution < 1.29 is 0 Å². The summed E-state index contributed by atoms with van der Waals surface area (Å²) in [5, 5.41) is 14.3. The Morgan fingerprint density at radius 1 is 1.00 bits per heavy atom. The lowest BCUT2D eigenvalue weighted by molar-refractivity contribution is 0.121. The molecule has 7 heteroatoms. The number of pyridine rings is 1. The number of aromatic amines is 1. The fourth-order valence-corrected chi connectivity index (χ4v) is 5.79. The maximum Gasteiger partial charge on any atom is 0.252 e. The number of hydrogen-bond acceptors (Lipinski definition) is 5. The highest BCUT2D eigenvalue weighted by molar-refractivity contribution is 5.79. The van der Waals surface area contributed by atoms with Gasteiger partial charge in [-0.3, -0.25) is 9.69 Å². The van der Waals surface area contributed by atoms with Gasteiger partial charge in [0.15, 0.2) is 5.82 Å². The van der Waals surface area contributed by atoms with Crippen molar-refractivity contribution in [2.75, 3.05) is 0 Å². The molecule has 0 radical (unpaired) electrons. The summed E-state index contributed by atoms with van der Waals surface area (Å²) in [5.74, 6) is 1.16. The van der Waals surface area contributed by atoms with E-state index in [2.05, 4.69) is 93.3 Å². The molecule has 5 rings (SSSR count). The number of fused-ring (bicyclic) bond motifs is 1. The van der Waals surface area contributed by atoms with Crippen LogP contribution in [0.3, 0.4) is 0 Å². The summed E-state index contributed by atoms with van der Waals surface area (Å²) in [7, 11) is 0.